The lowest BCUT2D eigenvalue weighted by molar-refractivity contribution is -0.153. The van der Waals surface area contributed by atoms with Crippen molar-refractivity contribution in [2.24, 2.45) is 5.92 Å². The molecule has 2 aromatic rings. The third-order valence-corrected chi connectivity index (χ3v) is 8.14. The van der Waals surface area contributed by atoms with E-state index in [2.05, 4.69) is 19.9 Å². The third kappa shape index (κ3) is 8.56. The molecule has 37 heavy (non-hydrogen) atoms. The number of rotatable bonds is 9. The Kier molecular flexibility index (Phi) is 8.94. The zero-order valence-corrected chi connectivity index (χ0v) is 21.7. The van der Waals surface area contributed by atoms with Gasteiger partial charge in [-0.2, -0.15) is 13.2 Å². The average molecular weight is 541 g/mol. The summed E-state index contributed by atoms with van der Waals surface area (Å²) in [5, 5.41) is 0.0633. The molecule has 0 amide bonds. The molecular formula is C26H32F4N4O2S. The lowest BCUT2D eigenvalue weighted by Crippen LogP contribution is -2.36. The monoisotopic (exact) mass is 540 g/mol. The van der Waals surface area contributed by atoms with E-state index in [4.69, 9.17) is 4.74 Å². The Labute approximate surface area is 218 Å². The molecule has 0 atom stereocenters. The molecule has 2 aliphatic rings. The number of aryl methyl sites for hydroxylation is 1. The quantitative estimate of drug-likeness (QED) is 0.307. The van der Waals surface area contributed by atoms with Gasteiger partial charge in [0.25, 0.3) is 5.19 Å². The highest BCUT2D eigenvalue weighted by atomic mass is 32.1. The molecule has 4 rings (SSSR count). The van der Waals surface area contributed by atoms with Crippen molar-refractivity contribution in [2.75, 3.05) is 26.2 Å². The summed E-state index contributed by atoms with van der Waals surface area (Å²) < 4.78 is 57.5. The van der Waals surface area contributed by atoms with Crippen LogP contribution >= 0.6 is 11.3 Å². The van der Waals surface area contributed by atoms with Crippen LogP contribution in [0.4, 0.5) is 17.6 Å². The van der Waals surface area contributed by atoms with Crippen molar-refractivity contribution in [3.05, 3.63) is 40.4 Å². The van der Waals surface area contributed by atoms with Gasteiger partial charge in [-0.05, 0) is 63.5 Å². The first-order valence-electron chi connectivity index (χ1n) is 12.7. The third-order valence-electron chi connectivity index (χ3n) is 7.07. The first-order valence-corrected chi connectivity index (χ1v) is 13.5. The molecule has 1 saturated carbocycles. The summed E-state index contributed by atoms with van der Waals surface area (Å²) >= 11 is 1.17. The van der Waals surface area contributed by atoms with Crippen LogP contribution in [-0.4, -0.2) is 63.7 Å². The predicted octanol–water partition coefficient (Wildman–Crippen LogP) is 5.54. The molecule has 11 heteroatoms. The van der Waals surface area contributed by atoms with E-state index in [9.17, 15) is 18.0 Å². The maximum atomic E-state index is 15.5. The molecule has 1 aliphatic heterocycles. The molecule has 0 saturated heterocycles. The number of carbonyl (C=O) groups excluding carboxylic acids is 1. The number of alkyl halides is 4. The van der Waals surface area contributed by atoms with Crippen molar-refractivity contribution in [3.63, 3.8) is 0 Å². The van der Waals surface area contributed by atoms with Crippen molar-refractivity contribution in [1.82, 2.24) is 19.9 Å². The van der Waals surface area contributed by atoms with Gasteiger partial charge in [-0.25, -0.2) is 19.3 Å². The molecule has 3 heterocycles. The van der Waals surface area contributed by atoms with Gasteiger partial charge in [-0.15, -0.1) is 0 Å². The van der Waals surface area contributed by atoms with E-state index in [1.165, 1.54) is 11.3 Å². The zero-order chi connectivity index (χ0) is 26.5. The number of hydrogen-bond acceptors (Lipinski definition) is 7. The minimum absolute atomic E-state index is 0.0366. The fourth-order valence-electron chi connectivity index (χ4n) is 4.85. The van der Waals surface area contributed by atoms with Crippen molar-refractivity contribution in [3.8, 4) is 5.19 Å². The molecule has 202 valence electrons. The number of carbonyl (C=O) groups is 1. The minimum Gasteiger partial charge on any atom is -0.460 e. The number of aromatic nitrogens is 3. The van der Waals surface area contributed by atoms with E-state index >= 15 is 4.39 Å². The summed E-state index contributed by atoms with van der Waals surface area (Å²) in [7, 11) is 0. The molecule has 0 spiro atoms. The Morgan fingerprint density at radius 1 is 1.22 bits per heavy atom. The summed E-state index contributed by atoms with van der Waals surface area (Å²) in [4.78, 5) is 28.0. The summed E-state index contributed by atoms with van der Waals surface area (Å²) in [6, 6.07) is 0. The number of nitrogens with zero attached hydrogens (tertiary/aromatic N) is 4. The topological polar surface area (TPSA) is 68.2 Å². The molecule has 0 bridgehead atoms. The van der Waals surface area contributed by atoms with E-state index in [1.807, 2.05) is 0 Å². The Hall–Kier alpha value is -2.40. The second-order valence-electron chi connectivity index (χ2n) is 10.0. The Morgan fingerprint density at radius 3 is 2.62 bits per heavy atom. The van der Waals surface area contributed by atoms with Crippen LogP contribution in [0.2, 0.25) is 0 Å². The molecule has 6 nitrogen and oxygen atoms in total. The molecule has 2 aromatic heterocycles. The molecule has 0 unspecified atom stereocenters. The highest BCUT2D eigenvalue weighted by molar-refractivity contribution is 7.13. The number of hydrogen-bond donors (Lipinski definition) is 0. The second kappa shape index (κ2) is 12.0. The highest BCUT2D eigenvalue weighted by Gasteiger charge is 2.36. The number of allylic oxidation sites excluding steroid dienone is 1. The summed E-state index contributed by atoms with van der Waals surface area (Å²) in [5.74, 6) is 0.913. The maximum Gasteiger partial charge on any atom is 0.422 e. The number of ketones is 1. The number of thiazole rings is 1. The van der Waals surface area contributed by atoms with Gasteiger partial charge in [-0.1, -0.05) is 11.3 Å². The van der Waals surface area contributed by atoms with E-state index in [0.717, 1.165) is 22.7 Å². The number of fused-ring (bicyclic) bond motifs is 1. The van der Waals surface area contributed by atoms with E-state index in [0.29, 0.717) is 70.3 Å². The van der Waals surface area contributed by atoms with Crippen LogP contribution in [0.25, 0.3) is 6.08 Å². The minimum atomic E-state index is -4.38. The Morgan fingerprint density at radius 2 is 1.92 bits per heavy atom. The number of ether oxygens (including phenoxy) is 1. The molecule has 0 aromatic carbocycles. The smallest absolute Gasteiger partial charge is 0.422 e. The van der Waals surface area contributed by atoms with E-state index in [1.54, 1.807) is 31.5 Å². The van der Waals surface area contributed by atoms with Crippen molar-refractivity contribution in [2.45, 2.75) is 70.1 Å². The van der Waals surface area contributed by atoms with Crippen LogP contribution in [0.15, 0.2) is 18.5 Å². The van der Waals surface area contributed by atoms with Crippen LogP contribution in [0.5, 0.6) is 5.19 Å². The van der Waals surface area contributed by atoms with Gasteiger partial charge in [0, 0.05) is 55.3 Å². The summed E-state index contributed by atoms with van der Waals surface area (Å²) in [6.07, 6.45) is 6.73. The fourth-order valence-corrected chi connectivity index (χ4v) is 5.80. The van der Waals surface area contributed by atoms with Crippen molar-refractivity contribution >= 4 is 23.2 Å². The standard InChI is InChI=1S/C26H32F4N4O2S/c1-18-31-15-20(16-32-18)2-3-21(35)14-19-4-8-25(27,9-5-19)10-13-34-11-6-22-23(7-12-34)37-24(33-22)36-17-26(28,29)30/h2-3,15-16,19H,4-14,17H2,1H3/b3-2+. The van der Waals surface area contributed by atoms with Crippen molar-refractivity contribution in [1.29, 1.82) is 0 Å². The van der Waals surface area contributed by atoms with E-state index < -0.39 is 18.5 Å². The van der Waals surface area contributed by atoms with Gasteiger partial charge in [0.1, 0.15) is 11.5 Å². The largest absolute Gasteiger partial charge is 0.460 e. The molecular weight excluding hydrogens is 508 g/mol. The Balaban J connectivity index is 1.17. The van der Waals surface area contributed by atoms with E-state index in [-0.39, 0.29) is 16.9 Å². The summed E-state index contributed by atoms with van der Waals surface area (Å²) in [5.41, 5.74) is 0.344. The maximum absolute atomic E-state index is 15.5. The second-order valence-corrected chi connectivity index (χ2v) is 11.1. The van der Waals surface area contributed by atoms with Gasteiger partial charge < -0.3 is 9.64 Å². The van der Waals surface area contributed by atoms with Gasteiger partial charge in [0.15, 0.2) is 12.4 Å². The first kappa shape index (κ1) is 27.6. The lowest BCUT2D eigenvalue weighted by atomic mass is 9.76. The first-order chi connectivity index (χ1) is 17.6. The normalized spacial score (nSPS) is 23.1. The van der Waals surface area contributed by atoms with Crippen LogP contribution in [-0.2, 0) is 17.6 Å². The van der Waals surface area contributed by atoms with Crippen LogP contribution in [0, 0.1) is 12.8 Å². The molecule has 1 aliphatic carbocycles. The number of halogens is 4. The van der Waals surface area contributed by atoms with Crippen LogP contribution < -0.4 is 4.74 Å². The molecule has 0 radical (unpaired) electrons. The predicted molar refractivity (Wildman–Crippen MR) is 133 cm³/mol. The van der Waals surface area contributed by atoms with Gasteiger partial charge in [-0.3, -0.25) is 4.79 Å². The lowest BCUT2D eigenvalue weighted by Gasteiger charge is -2.35. The SMILES string of the molecule is Cc1ncc(/C=C/C(=O)CC2CCC(F)(CCN3CCc4nc(OCC(F)(F)F)sc4CC3)CC2)cn1. The van der Waals surface area contributed by atoms with Gasteiger partial charge in [0.2, 0.25) is 0 Å². The fraction of sp³-hybridized carbons (Fsp3) is 0.615. The van der Waals surface area contributed by atoms with Crippen molar-refractivity contribution < 1.29 is 27.1 Å². The zero-order valence-electron chi connectivity index (χ0n) is 20.9. The van der Waals surface area contributed by atoms with Crippen LogP contribution in [0.3, 0.4) is 0 Å². The van der Waals surface area contributed by atoms with Crippen LogP contribution in [0.1, 0.15) is 60.5 Å². The molecule has 1 fully saturated rings. The Bertz CT molecular complexity index is 1050. The average Bonchev–Trinajstić information content (AvgIpc) is 3.15. The van der Waals surface area contributed by atoms with Gasteiger partial charge in [0.05, 0.1) is 5.69 Å². The summed E-state index contributed by atoms with van der Waals surface area (Å²) in [6.45, 7) is 2.52. The molecule has 0 N–H and O–H groups in total. The highest BCUT2D eigenvalue weighted by Crippen LogP contribution is 2.39. The van der Waals surface area contributed by atoms with Gasteiger partial charge >= 0.3 is 6.18 Å².